The highest BCUT2D eigenvalue weighted by molar-refractivity contribution is 5.93. The summed E-state index contributed by atoms with van der Waals surface area (Å²) in [5.74, 6) is 3.02. The maximum absolute atomic E-state index is 12.4. The summed E-state index contributed by atoms with van der Waals surface area (Å²) in [4.78, 5) is 27.9. The molecule has 0 radical (unpaired) electrons. The largest absolute Gasteiger partial charge is 0.493 e. The summed E-state index contributed by atoms with van der Waals surface area (Å²) in [5, 5.41) is 23.2. The zero-order chi connectivity index (χ0) is 28.6. The summed E-state index contributed by atoms with van der Waals surface area (Å²) in [6.07, 6.45) is 6.29. The van der Waals surface area contributed by atoms with Crippen molar-refractivity contribution in [1.82, 2.24) is 30.0 Å². The molecule has 12 nitrogen and oxygen atoms in total. The van der Waals surface area contributed by atoms with Crippen molar-refractivity contribution in [2.45, 2.75) is 32.6 Å². The SMILES string of the molecule is COc1cc2c(Nc3cc(CC(=O)Nc4ccc(C)cn4)[nH]n3)ncnc2cc1OCCCN1CCC(CO)CC1. The Labute approximate surface area is 238 Å². The molecule has 0 saturated carbocycles. The Morgan fingerprint density at radius 1 is 1.12 bits per heavy atom. The van der Waals surface area contributed by atoms with Gasteiger partial charge in [0.1, 0.15) is 18.0 Å². The van der Waals surface area contributed by atoms with Crippen LogP contribution in [0, 0.1) is 12.8 Å². The van der Waals surface area contributed by atoms with Gasteiger partial charge in [0.05, 0.1) is 25.7 Å². The number of piperidine rings is 1. The van der Waals surface area contributed by atoms with E-state index in [4.69, 9.17) is 9.47 Å². The molecule has 5 rings (SSSR count). The number of aliphatic hydroxyl groups is 1. The smallest absolute Gasteiger partial charge is 0.231 e. The summed E-state index contributed by atoms with van der Waals surface area (Å²) in [6.45, 7) is 5.78. The van der Waals surface area contributed by atoms with Crippen molar-refractivity contribution in [3.8, 4) is 11.5 Å². The molecule has 12 heteroatoms. The second-order valence-electron chi connectivity index (χ2n) is 10.3. The van der Waals surface area contributed by atoms with Gasteiger partial charge in [-0.1, -0.05) is 6.07 Å². The number of amides is 1. The van der Waals surface area contributed by atoms with Gasteiger partial charge in [-0.2, -0.15) is 5.10 Å². The van der Waals surface area contributed by atoms with E-state index in [0.29, 0.717) is 52.7 Å². The van der Waals surface area contributed by atoms with Crippen LogP contribution in [0.1, 0.15) is 30.5 Å². The monoisotopic (exact) mass is 560 g/mol. The molecule has 0 atom stereocenters. The van der Waals surface area contributed by atoms with Crippen LogP contribution in [0.25, 0.3) is 10.9 Å². The average molecular weight is 561 g/mol. The van der Waals surface area contributed by atoms with Gasteiger partial charge in [0, 0.05) is 42.6 Å². The van der Waals surface area contributed by atoms with E-state index in [0.717, 1.165) is 49.8 Å². The van der Waals surface area contributed by atoms with Crippen LogP contribution in [0.3, 0.4) is 0 Å². The van der Waals surface area contributed by atoms with Gasteiger partial charge >= 0.3 is 0 Å². The first-order chi connectivity index (χ1) is 20.0. The van der Waals surface area contributed by atoms with Crippen molar-refractivity contribution in [2.75, 3.05) is 50.6 Å². The second kappa shape index (κ2) is 13.4. The molecule has 1 aromatic carbocycles. The van der Waals surface area contributed by atoms with Gasteiger partial charge in [-0.25, -0.2) is 15.0 Å². The molecule has 0 unspecified atom stereocenters. The maximum atomic E-state index is 12.4. The average Bonchev–Trinajstić information content (AvgIpc) is 3.42. The number of hydrogen-bond donors (Lipinski definition) is 4. The third-order valence-electron chi connectivity index (χ3n) is 7.17. The molecule has 1 saturated heterocycles. The number of aliphatic hydroxyl groups excluding tert-OH is 1. The fraction of sp³-hybridized carbons (Fsp3) is 0.414. The van der Waals surface area contributed by atoms with Gasteiger partial charge in [-0.3, -0.25) is 9.89 Å². The number of aryl methyl sites for hydroxylation is 1. The number of ether oxygens (including phenoxy) is 2. The highest BCUT2D eigenvalue weighted by atomic mass is 16.5. The third-order valence-corrected chi connectivity index (χ3v) is 7.17. The van der Waals surface area contributed by atoms with Crippen LogP contribution in [0.15, 0.2) is 42.9 Å². The first kappa shape index (κ1) is 28.2. The number of likely N-dealkylation sites (tertiary alicyclic amines) is 1. The van der Waals surface area contributed by atoms with Crippen LogP contribution in [0.5, 0.6) is 11.5 Å². The van der Waals surface area contributed by atoms with Crippen molar-refractivity contribution in [1.29, 1.82) is 0 Å². The number of carbonyl (C=O) groups is 1. The van der Waals surface area contributed by atoms with Gasteiger partial charge < -0.3 is 30.1 Å². The molecule has 216 valence electrons. The Morgan fingerprint density at radius 2 is 1.98 bits per heavy atom. The molecule has 0 bridgehead atoms. The minimum Gasteiger partial charge on any atom is -0.493 e. The number of methoxy groups -OCH3 is 1. The van der Waals surface area contributed by atoms with E-state index in [-0.39, 0.29) is 18.9 Å². The lowest BCUT2D eigenvalue weighted by Gasteiger charge is -2.30. The van der Waals surface area contributed by atoms with Gasteiger partial charge in [0.2, 0.25) is 5.91 Å². The number of hydrogen-bond acceptors (Lipinski definition) is 10. The van der Waals surface area contributed by atoms with Crippen molar-refractivity contribution < 1.29 is 19.4 Å². The van der Waals surface area contributed by atoms with Crippen LogP contribution in [-0.2, 0) is 11.2 Å². The van der Waals surface area contributed by atoms with Crippen LogP contribution < -0.4 is 20.1 Å². The lowest BCUT2D eigenvalue weighted by atomic mass is 9.98. The molecule has 0 aliphatic carbocycles. The van der Waals surface area contributed by atoms with Crippen LogP contribution in [0.2, 0.25) is 0 Å². The second-order valence-corrected chi connectivity index (χ2v) is 10.3. The summed E-state index contributed by atoms with van der Waals surface area (Å²) in [5.41, 5.74) is 2.36. The van der Waals surface area contributed by atoms with E-state index >= 15 is 0 Å². The van der Waals surface area contributed by atoms with E-state index < -0.39 is 0 Å². The van der Waals surface area contributed by atoms with E-state index in [9.17, 15) is 9.90 Å². The molecule has 1 aliphatic rings. The van der Waals surface area contributed by atoms with Crippen molar-refractivity contribution >= 4 is 34.3 Å². The fourth-order valence-electron chi connectivity index (χ4n) is 4.84. The van der Waals surface area contributed by atoms with Crippen molar-refractivity contribution in [2.24, 2.45) is 5.92 Å². The Bertz CT molecular complexity index is 1450. The summed E-state index contributed by atoms with van der Waals surface area (Å²) in [7, 11) is 1.60. The minimum absolute atomic E-state index is 0.115. The molecule has 0 spiro atoms. The number of aromatic amines is 1. The lowest BCUT2D eigenvalue weighted by Crippen LogP contribution is -2.35. The van der Waals surface area contributed by atoms with E-state index in [1.807, 2.05) is 25.1 Å². The molecule has 1 fully saturated rings. The maximum Gasteiger partial charge on any atom is 0.231 e. The number of carbonyl (C=O) groups excluding carboxylic acids is 1. The Morgan fingerprint density at radius 3 is 2.73 bits per heavy atom. The third kappa shape index (κ3) is 7.47. The van der Waals surface area contributed by atoms with Crippen molar-refractivity contribution in [3.05, 3.63) is 54.1 Å². The molecule has 3 aromatic heterocycles. The fourth-order valence-corrected chi connectivity index (χ4v) is 4.84. The standard InChI is InChI=1S/C29H36N8O4/c1-19-4-5-26(30-16-19)33-28(39)13-21-12-27(36-35-21)34-29-22-14-24(40-2)25(15-23(22)31-18-32-29)41-11-3-8-37-9-6-20(17-38)7-10-37/h4-5,12,14-16,18,20,38H,3,6-11,13,17H2,1-2H3,(H,30,33,39)(H2,31,32,34,35,36). The summed E-state index contributed by atoms with van der Waals surface area (Å²) >= 11 is 0. The molecular weight excluding hydrogens is 524 g/mol. The molecule has 41 heavy (non-hydrogen) atoms. The highest BCUT2D eigenvalue weighted by Gasteiger charge is 2.18. The number of fused-ring (bicyclic) bond motifs is 1. The number of aromatic nitrogens is 5. The Kier molecular flexibility index (Phi) is 9.22. The number of nitrogens with zero attached hydrogens (tertiary/aromatic N) is 5. The normalized spacial score (nSPS) is 14.2. The quantitative estimate of drug-likeness (QED) is 0.190. The van der Waals surface area contributed by atoms with Gasteiger partial charge in [-0.15, -0.1) is 0 Å². The zero-order valence-electron chi connectivity index (χ0n) is 23.4. The number of pyridine rings is 1. The molecule has 4 aromatic rings. The first-order valence-corrected chi connectivity index (χ1v) is 13.8. The van der Waals surface area contributed by atoms with Gasteiger partial charge in [-0.05, 0) is 62.9 Å². The predicted molar refractivity (Wildman–Crippen MR) is 156 cm³/mol. The summed E-state index contributed by atoms with van der Waals surface area (Å²) < 4.78 is 11.7. The topological polar surface area (TPSA) is 150 Å². The number of nitrogens with one attached hydrogen (secondary N) is 3. The molecule has 1 amide bonds. The Hall–Kier alpha value is -4.29. The highest BCUT2D eigenvalue weighted by Crippen LogP contribution is 2.34. The molecule has 4 N–H and O–H groups in total. The number of benzene rings is 1. The van der Waals surface area contributed by atoms with Gasteiger partial charge in [0.15, 0.2) is 17.3 Å². The number of H-pyrrole nitrogens is 1. The summed E-state index contributed by atoms with van der Waals surface area (Å²) in [6, 6.07) is 9.12. The van der Waals surface area contributed by atoms with Crippen LogP contribution in [-0.4, -0.2) is 81.0 Å². The zero-order valence-corrected chi connectivity index (χ0v) is 23.4. The minimum atomic E-state index is -0.201. The van der Waals surface area contributed by atoms with E-state index in [2.05, 4.69) is 40.7 Å². The first-order valence-electron chi connectivity index (χ1n) is 13.8. The predicted octanol–water partition coefficient (Wildman–Crippen LogP) is 3.46. The Balaban J connectivity index is 1.19. The van der Waals surface area contributed by atoms with Crippen LogP contribution >= 0.6 is 0 Å². The lowest BCUT2D eigenvalue weighted by molar-refractivity contribution is -0.115. The van der Waals surface area contributed by atoms with Crippen molar-refractivity contribution in [3.63, 3.8) is 0 Å². The van der Waals surface area contributed by atoms with Crippen LogP contribution in [0.4, 0.5) is 17.5 Å². The molecule has 1 aliphatic heterocycles. The number of anilines is 3. The van der Waals surface area contributed by atoms with E-state index in [1.54, 1.807) is 25.4 Å². The molecular formula is C29H36N8O4. The van der Waals surface area contributed by atoms with E-state index in [1.165, 1.54) is 6.33 Å². The van der Waals surface area contributed by atoms with Gasteiger partial charge in [0.25, 0.3) is 0 Å². The number of rotatable bonds is 12. The molecule has 4 heterocycles.